The van der Waals surface area contributed by atoms with Crippen LogP contribution in [0, 0.1) is 5.21 Å². The Morgan fingerprint density at radius 1 is 1.28 bits per heavy atom. The van der Waals surface area contributed by atoms with E-state index in [2.05, 4.69) is 5.32 Å². The average molecular weight is 365 g/mol. The highest BCUT2D eigenvalue weighted by Crippen LogP contribution is 2.28. The number of aromatic nitrogens is 1. The van der Waals surface area contributed by atoms with E-state index in [1.165, 1.54) is 40.8 Å². The lowest BCUT2D eigenvalue weighted by Crippen LogP contribution is -2.30. The number of rotatable bonds is 6. The van der Waals surface area contributed by atoms with Gasteiger partial charge in [0.2, 0.25) is 10.0 Å². The van der Waals surface area contributed by atoms with Crippen molar-refractivity contribution in [1.82, 2.24) is 4.31 Å². The minimum absolute atomic E-state index is 0.0451. The maximum atomic E-state index is 12.5. The molecule has 0 radical (unpaired) electrons. The molecule has 0 fully saturated rings. The van der Waals surface area contributed by atoms with Crippen LogP contribution in [0.2, 0.25) is 0 Å². The second-order valence-corrected chi connectivity index (χ2v) is 7.11. The fourth-order valence-corrected chi connectivity index (χ4v) is 3.76. The fourth-order valence-electron chi connectivity index (χ4n) is 2.27. The monoisotopic (exact) mass is 365 g/mol. The van der Waals surface area contributed by atoms with Gasteiger partial charge in [0.05, 0.1) is 10.6 Å². The molecular weight excluding hydrogens is 346 g/mol. The van der Waals surface area contributed by atoms with E-state index in [0.29, 0.717) is 17.8 Å². The quantitative estimate of drug-likeness (QED) is 0.455. The summed E-state index contributed by atoms with van der Waals surface area (Å²) in [5, 5.41) is 23.6. The number of pyridine rings is 1. The van der Waals surface area contributed by atoms with E-state index in [1.807, 2.05) is 0 Å². The highest BCUT2D eigenvalue weighted by Gasteiger charge is 2.23. The van der Waals surface area contributed by atoms with Crippen molar-refractivity contribution in [3.05, 3.63) is 53.5 Å². The number of sulfonamides is 1. The van der Waals surface area contributed by atoms with Crippen LogP contribution in [-0.4, -0.2) is 36.8 Å². The van der Waals surface area contributed by atoms with Gasteiger partial charge in [0.1, 0.15) is 11.3 Å². The van der Waals surface area contributed by atoms with Crippen molar-refractivity contribution in [3.8, 4) is 5.75 Å². The van der Waals surface area contributed by atoms with Crippen molar-refractivity contribution in [2.24, 2.45) is 0 Å². The van der Waals surface area contributed by atoms with Gasteiger partial charge in [-0.1, -0.05) is 13.8 Å². The number of phenolic OH excluding ortho intramolecular Hbond substituents is 1. The van der Waals surface area contributed by atoms with Gasteiger partial charge in [-0.2, -0.15) is 9.04 Å². The Morgan fingerprint density at radius 2 is 1.96 bits per heavy atom. The van der Waals surface area contributed by atoms with E-state index >= 15 is 0 Å². The number of aromatic hydroxyl groups is 1. The lowest BCUT2D eigenvalue weighted by molar-refractivity contribution is -0.605. The van der Waals surface area contributed by atoms with E-state index in [0.717, 1.165) is 6.20 Å². The molecule has 2 aromatic rings. The number of hydrogen-bond acceptors (Lipinski definition) is 5. The zero-order chi connectivity index (χ0) is 18.6. The van der Waals surface area contributed by atoms with E-state index in [9.17, 15) is 23.5 Å². The smallest absolute Gasteiger partial charge is 0.261 e. The Hall–Kier alpha value is -2.65. The number of carbonyl (C=O) groups excluding carboxylic acids is 1. The van der Waals surface area contributed by atoms with Gasteiger partial charge in [-0.15, -0.1) is 0 Å². The van der Waals surface area contributed by atoms with Crippen molar-refractivity contribution in [1.29, 1.82) is 0 Å². The number of benzene rings is 1. The second kappa shape index (κ2) is 7.49. The Labute approximate surface area is 146 Å². The highest BCUT2D eigenvalue weighted by molar-refractivity contribution is 7.89. The first-order valence-corrected chi connectivity index (χ1v) is 9.07. The molecule has 25 heavy (non-hydrogen) atoms. The number of amides is 1. The van der Waals surface area contributed by atoms with Crippen molar-refractivity contribution in [3.63, 3.8) is 0 Å². The molecular formula is C16H19N3O5S. The third-order valence-corrected chi connectivity index (χ3v) is 5.64. The molecule has 1 amide bonds. The van der Waals surface area contributed by atoms with Gasteiger partial charge in [0.25, 0.3) is 5.91 Å². The standard InChI is InChI=1S/C16H19N3O5S/c1-3-19(4-2)25(23,24)13-7-8-15(20)14(10-13)17-16(21)12-6-5-9-18(22)11-12/h5-11,20H,3-4H2,1-2H3,(H,17,21). The van der Waals surface area contributed by atoms with Gasteiger partial charge in [-0.3, -0.25) is 4.79 Å². The zero-order valence-corrected chi connectivity index (χ0v) is 14.7. The van der Waals surface area contributed by atoms with E-state index in [1.54, 1.807) is 13.8 Å². The van der Waals surface area contributed by atoms with Gasteiger partial charge in [0, 0.05) is 19.2 Å². The zero-order valence-electron chi connectivity index (χ0n) is 13.8. The summed E-state index contributed by atoms with van der Waals surface area (Å²) in [5.41, 5.74) is 0.0217. The molecule has 1 heterocycles. The van der Waals surface area contributed by atoms with E-state index in [4.69, 9.17) is 0 Å². The van der Waals surface area contributed by atoms with Crippen molar-refractivity contribution in [2.45, 2.75) is 18.7 Å². The largest absolute Gasteiger partial charge is 0.619 e. The van der Waals surface area contributed by atoms with Crippen molar-refractivity contribution < 1.29 is 23.0 Å². The molecule has 1 aromatic heterocycles. The molecule has 0 saturated heterocycles. The Bertz CT molecular complexity index is 879. The number of nitrogens with one attached hydrogen (secondary N) is 1. The summed E-state index contributed by atoms with van der Waals surface area (Å²) in [6.07, 6.45) is 2.30. The van der Waals surface area contributed by atoms with Crippen LogP contribution >= 0.6 is 0 Å². The summed E-state index contributed by atoms with van der Waals surface area (Å²) in [6.45, 7) is 4.04. The Morgan fingerprint density at radius 3 is 2.56 bits per heavy atom. The molecule has 2 N–H and O–H groups in total. The first-order chi connectivity index (χ1) is 11.8. The summed E-state index contributed by atoms with van der Waals surface area (Å²) in [7, 11) is -3.73. The number of nitrogens with zero attached hydrogens (tertiary/aromatic N) is 2. The number of anilines is 1. The minimum Gasteiger partial charge on any atom is -0.619 e. The molecule has 8 nitrogen and oxygen atoms in total. The van der Waals surface area contributed by atoms with Gasteiger partial charge in [-0.25, -0.2) is 8.42 Å². The summed E-state index contributed by atoms with van der Waals surface area (Å²) in [5.74, 6) is -0.921. The van der Waals surface area contributed by atoms with Gasteiger partial charge in [-0.05, 0) is 24.3 Å². The van der Waals surface area contributed by atoms with E-state index < -0.39 is 15.9 Å². The topological polar surface area (TPSA) is 114 Å². The number of carbonyl (C=O) groups is 1. The third kappa shape index (κ3) is 4.06. The minimum atomic E-state index is -3.73. The molecule has 2 rings (SSSR count). The van der Waals surface area contributed by atoms with Gasteiger partial charge in [0.15, 0.2) is 12.4 Å². The maximum absolute atomic E-state index is 12.5. The summed E-state index contributed by atoms with van der Waals surface area (Å²) in [6, 6.07) is 6.49. The van der Waals surface area contributed by atoms with Crippen LogP contribution in [0.1, 0.15) is 24.2 Å². The van der Waals surface area contributed by atoms with Crippen LogP contribution in [0.3, 0.4) is 0 Å². The van der Waals surface area contributed by atoms with Crippen LogP contribution in [-0.2, 0) is 10.0 Å². The third-order valence-electron chi connectivity index (χ3n) is 3.60. The fraction of sp³-hybridized carbons (Fsp3) is 0.250. The molecule has 9 heteroatoms. The molecule has 134 valence electrons. The predicted molar refractivity (Wildman–Crippen MR) is 91.6 cm³/mol. The lowest BCUT2D eigenvalue weighted by Gasteiger charge is -2.19. The van der Waals surface area contributed by atoms with Crippen LogP contribution in [0.15, 0.2) is 47.6 Å². The molecule has 1 aromatic carbocycles. The molecule has 0 bridgehead atoms. The molecule has 0 aliphatic heterocycles. The summed E-state index contributed by atoms with van der Waals surface area (Å²) in [4.78, 5) is 12.1. The molecule has 0 aliphatic rings. The van der Waals surface area contributed by atoms with Crippen molar-refractivity contribution in [2.75, 3.05) is 18.4 Å². The summed E-state index contributed by atoms with van der Waals surface area (Å²) < 4.78 is 26.8. The maximum Gasteiger partial charge on any atom is 0.261 e. The van der Waals surface area contributed by atoms with Crippen LogP contribution in [0.4, 0.5) is 5.69 Å². The Kier molecular flexibility index (Phi) is 5.60. The molecule has 0 saturated carbocycles. The SMILES string of the molecule is CCN(CC)S(=O)(=O)c1ccc(O)c(NC(=O)c2ccc[n+]([O-])c2)c1. The Balaban J connectivity index is 2.35. The average Bonchev–Trinajstić information content (AvgIpc) is 2.57. The number of hydrogen-bond donors (Lipinski definition) is 2. The highest BCUT2D eigenvalue weighted by atomic mass is 32.2. The number of phenols is 1. The van der Waals surface area contributed by atoms with Gasteiger partial charge < -0.3 is 15.6 Å². The van der Waals surface area contributed by atoms with Gasteiger partial charge >= 0.3 is 0 Å². The first-order valence-electron chi connectivity index (χ1n) is 7.63. The van der Waals surface area contributed by atoms with Crippen LogP contribution in [0.5, 0.6) is 5.75 Å². The summed E-state index contributed by atoms with van der Waals surface area (Å²) >= 11 is 0. The second-order valence-electron chi connectivity index (χ2n) is 5.17. The lowest BCUT2D eigenvalue weighted by atomic mass is 10.2. The normalized spacial score (nSPS) is 11.5. The molecule has 0 atom stereocenters. The molecule has 0 spiro atoms. The van der Waals surface area contributed by atoms with Crippen LogP contribution < -0.4 is 10.0 Å². The molecule has 0 unspecified atom stereocenters. The molecule has 0 aliphatic carbocycles. The van der Waals surface area contributed by atoms with E-state index in [-0.39, 0.29) is 21.9 Å². The first kappa shape index (κ1) is 18.7. The predicted octanol–water partition coefficient (Wildman–Crippen LogP) is 1.31. The van der Waals surface area contributed by atoms with Crippen LogP contribution in [0.25, 0.3) is 0 Å². The van der Waals surface area contributed by atoms with Crippen molar-refractivity contribution >= 4 is 21.6 Å².